The Hall–Kier alpha value is -2.38. The molecule has 10 heteroatoms. The smallest absolute Gasteiger partial charge is 0.204 e. The molecule has 0 spiro atoms. The van der Waals surface area contributed by atoms with Crippen LogP contribution in [0.4, 0.5) is 5.13 Å². The van der Waals surface area contributed by atoms with Gasteiger partial charge in [-0.3, -0.25) is 15.3 Å². The highest BCUT2D eigenvalue weighted by Gasteiger charge is 2.03. The number of unbranched alkanes of at least 4 members (excludes halogenated alkanes) is 2. The van der Waals surface area contributed by atoms with Gasteiger partial charge in [0, 0.05) is 26.1 Å². The molecular weight excluding hydrogens is 340 g/mol. The molecule has 0 unspecified atom stereocenters. The van der Waals surface area contributed by atoms with Crippen LogP contribution in [0.1, 0.15) is 25.0 Å². The first-order valence-electron chi connectivity index (χ1n) is 8.05. The van der Waals surface area contributed by atoms with Crippen LogP contribution in [-0.2, 0) is 11.2 Å². The van der Waals surface area contributed by atoms with Gasteiger partial charge in [0.2, 0.25) is 5.96 Å². The second kappa shape index (κ2) is 13.0. The number of guanidine groups is 2. The van der Waals surface area contributed by atoms with Crippen LogP contribution in [0, 0.1) is 11.5 Å². The summed E-state index contributed by atoms with van der Waals surface area (Å²) in [6, 6.07) is 0. The SMILES string of the molecule is CN=C(NC#N)NCCCCCc1csc(NC(N)=NCCOC)n1. The molecule has 0 amide bonds. The molecule has 25 heavy (non-hydrogen) atoms. The van der Waals surface area contributed by atoms with Crippen molar-refractivity contribution in [3.63, 3.8) is 0 Å². The zero-order valence-corrected chi connectivity index (χ0v) is 15.5. The van der Waals surface area contributed by atoms with Gasteiger partial charge < -0.3 is 21.1 Å². The molecule has 0 radical (unpaired) electrons. The predicted molar refractivity (Wildman–Crippen MR) is 102 cm³/mol. The van der Waals surface area contributed by atoms with Crippen molar-refractivity contribution in [1.82, 2.24) is 15.6 Å². The van der Waals surface area contributed by atoms with Crippen molar-refractivity contribution in [3.8, 4) is 6.19 Å². The van der Waals surface area contributed by atoms with Gasteiger partial charge >= 0.3 is 0 Å². The fraction of sp³-hybridized carbons (Fsp3) is 0.600. The molecule has 9 nitrogen and oxygen atoms in total. The van der Waals surface area contributed by atoms with Crippen LogP contribution in [0.3, 0.4) is 0 Å². The molecule has 0 saturated heterocycles. The first-order chi connectivity index (χ1) is 12.2. The van der Waals surface area contributed by atoms with Crippen LogP contribution < -0.4 is 21.7 Å². The lowest BCUT2D eigenvalue weighted by molar-refractivity contribution is 0.208. The lowest BCUT2D eigenvalue weighted by Gasteiger charge is -2.06. The summed E-state index contributed by atoms with van der Waals surface area (Å²) >= 11 is 1.52. The van der Waals surface area contributed by atoms with Crippen LogP contribution in [0.15, 0.2) is 15.4 Å². The van der Waals surface area contributed by atoms with Crippen molar-refractivity contribution in [2.45, 2.75) is 25.7 Å². The fourth-order valence-electron chi connectivity index (χ4n) is 1.93. The number of hydrogen-bond acceptors (Lipinski definition) is 6. The van der Waals surface area contributed by atoms with Crippen LogP contribution >= 0.6 is 11.3 Å². The standard InChI is InChI=1S/C15H26N8OS/c1-18-14(21-11-16)20-7-5-3-4-6-12-10-25-15(22-12)23-13(17)19-8-9-24-2/h10H,3-9H2,1-2H3,(H2,18,20,21)(H3,17,19,22,23). The van der Waals surface area contributed by atoms with Crippen molar-refractivity contribution in [2.24, 2.45) is 15.7 Å². The molecule has 1 rings (SSSR count). The third-order valence-corrected chi connectivity index (χ3v) is 3.97. The van der Waals surface area contributed by atoms with E-state index < -0.39 is 0 Å². The highest BCUT2D eigenvalue weighted by atomic mass is 32.1. The third kappa shape index (κ3) is 9.49. The van der Waals surface area contributed by atoms with E-state index in [1.807, 2.05) is 11.6 Å². The molecule has 0 fully saturated rings. The molecule has 1 heterocycles. The number of nitrogens with two attached hydrogens (primary N) is 1. The summed E-state index contributed by atoms with van der Waals surface area (Å²) in [6.45, 7) is 1.84. The minimum atomic E-state index is 0.350. The number of anilines is 1. The second-order valence-electron chi connectivity index (χ2n) is 5.08. The van der Waals surface area contributed by atoms with Crippen molar-refractivity contribution < 1.29 is 4.74 Å². The van der Waals surface area contributed by atoms with Gasteiger partial charge in [-0.15, -0.1) is 11.3 Å². The van der Waals surface area contributed by atoms with E-state index in [0.29, 0.717) is 25.1 Å². The molecule has 0 saturated carbocycles. The number of aromatic nitrogens is 1. The Kier molecular flexibility index (Phi) is 10.7. The van der Waals surface area contributed by atoms with Gasteiger partial charge in [-0.2, -0.15) is 5.26 Å². The van der Waals surface area contributed by atoms with E-state index in [-0.39, 0.29) is 0 Å². The Labute approximate surface area is 152 Å². The molecular formula is C15H26N8OS. The molecule has 0 atom stereocenters. The summed E-state index contributed by atoms with van der Waals surface area (Å²) in [5.74, 6) is 0.853. The topological polar surface area (TPSA) is 133 Å². The van der Waals surface area contributed by atoms with Crippen LogP contribution in [0.2, 0.25) is 0 Å². The maximum Gasteiger partial charge on any atom is 0.204 e. The first-order valence-corrected chi connectivity index (χ1v) is 8.93. The van der Waals surface area contributed by atoms with E-state index in [9.17, 15) is 0 Å². The summed E-state index contributed by atoms with van der Waals surface area (Å²) in [6.07, 6.45) is 5.88. The molecule has 138 valence electrons. The quantitative estimate of drug-likeness (QED) is 0.159. The minimum absolute atomic E-state index is 0.350. The normalized spacial score (nSPS) is 11.9. The van der Waals surface area contributed by atoms with Gasteiger partial charge in [0.15, 0.2) is 17.3 Å². The van der Waals surface area contributed by atoms with E-state index >= 15 is 0 Å². The summed E-state index contributed by atoms with van der Waals surface area (Å²) in [4.78, 5) is 12.6. The van der Waals surface area contributed by atoms with Crippen molar-refractivity contribution in [2.75, 3.05) is 39.2 Å². The monoisotopic (exact) mass is 366 g/mol. The number of aryl methyl sites for hydroxylation is 1. The largest absolute Gasteiger partial charge is 0.383 e. The zero-order chi connectivity index (χ0) is 18.3. The lowest BCUT2D eigenvalue weighted by Crippen LogP contribution is -2.34. The Morgan fingerprint density at radius 1 is 1.44 bits per heavy atom. The van der Waals surface area contributed by atoms with E-state index in [2.05, 4.69) is 30.9 Å². The zero-order valence-electron chi connectivity index (χ0n) is 14.7. The number of methoxy groups -OCH3 is 1. The van der Waals surface area contributed by atoms with Crippen molar-refractivity contribution in [1.29, 1.82) is 5.26 Å². The maximum atomic E-state index is 8.53. The highest BCUT2D eigenvalue weighted by molar-refractivity contribution is 7.13. The maximum absolute atomic E-state index is 8.53. The molecule has 1 aromatic heterocycles. The minimum Gasteiger partial charge on any atom is -0.383 e. The van der Waals surface area contributed by atoms with Gasteiger partial charge in [-0.1, -0.05) is 6.42 Å². The second-order valence-corrected chi connectivity index (χ2v) is 5.93. The lowest BCUT2D eigenvalue weighted by atomic mass is 10.1. The molecule has 1 aromatic rings. The predicted octanol–water partition coefficient (Wildman–Crippen LogP) is 0.875. The molecule has 5 N–H and O–H groups in total. The van der Waals surface area contributed by atoms with E-state index in [1.54, 1.807) is 14.2 Å². The van der Waals surface area contributed by atoms with Crippen LogP contribution in [0.5, 0.6) is 0 Å². The molecule has 0 aliphatic rings. The molecule has 0 aliphatic carbocycles. The van der Waals surface area contributed by atoms with Crippen LogP contribution in [-0.4, -0.2) is 50.8 Å². The van der Waals surface area contributed by atoms with Crippen LogP contribution in [0.25, 0.3) is 0 Å². The molecule has 0 bridgehead atoms. The Bertz CT molecular complexity index is 593. The summed E-state index contributed by atoms with van der Waals surface area (Å²) in [5.41, 5.74) is 6.82. The summed E-state index contributed by atoms with van der Waals surface area (Å²) in [5, 5.41) is 19.9. The number of aliphatic imine (C=N–C) groups is 2. The van der Waals surface area contributed by atoms with Gasteiger partial charge in [0.1, 0.15) is 0 Å². The number of thiazole rings is 1. The van der Waals surface area contributed by atoms with Crippen molar-refractivity contribution >= 4 is 28.4 Å². The first kappa shape index (κ1) is 20.7. The van der Waals surface area contributed by atoms with Gasteiger partial charge in [0.05, 0.1) is 18.8 Å². The van der Waals surface area contributed by atoms with E-state index in [1.165, 1.54) is 11.3 Å². The summed E-state index contributed by atoms with van der Waals surface area (Å²) in [7, 11) is 3.26. The number of hydrogen-bond donors (Lipinski definition) is 4. The average molecular weight is 366 g/mol. The third-order valence-electron chi connectivity index (χ3n) is 3.16. The number of nitriles is 1. The van der Waals surface area contributed by atoms with Gasteiger partial charge in [-0.05, 0) is 19.3 Å². The highest BCUT2D eigenvalue weighted by Crippen LogP contribution is 2.16. The molecule has 0 aliphatic heterocycles. The van der Waals surface area contributed by atoms with Crippen molar-refractivity contribution in [3.05, 3.63) is 11.1 Å². The van der Waals surface area contributed by atoms with Gasteiger partial charge in [0.25, 0.3) is 0 Å². The fourth-order valence-corrected chi connectivity index (χ4v) is 2.68. The summed E-state index contributed by atoms with van der Waals surface area (Å²) < 4.78 is 4.92. The number of ether oxygens (including phenoxy) is 1. The van der Waals surface area contributed by atoms with E-state index in [0.717, 1.165) is 43.1 Å². The molecule has 0 aromatic carbocycles. The Morgan fingerprint density at radius 2 is 2.28 bits per heavy atom. The number of nitrogens with zero attached hydrogens (tertiary/aromatic N) is 4. The number of rotatable bonds is 10. The van der Waals surface area contributed by atoms with E-state index in [4.69, 9.17) is 15.7 Å². The van der Waals surface area contributed by atoms with Gasteiger partial charge in [-0.25, -0.2) is 4.98 Å². The Morgan fingerprint density at radius 3 is 3.00 bits per heavy atom. The average Bonchev–Trinajstić information content (AvgIpc) is 3.04. The Balaban J connectivity index is 2.19. The number of nitrogens with one attached hydrogen (secondary N) is 3.